The van der Waals surface area contributed by atoms with Crippen molar-refractivity contribution in [1.82, 2.24) is 4.98 Å². The van der Waals surface area contributed by atoms with E-state index in [-0.39, 0.29) is 11.5 Å². The maximum Gasteiger partial charge on any atom is 0.355 e. The standard InChI is InChI=1S/C13H18N2O4/c1-5-9-10(7(3)16)6(2)15-11(9)13(18)19-8(4)12(14)17/h8,15H,5H2,1-4H3,(H2,14,17)/t8-/m0/s1. The number of amides is 1. The van der Waals surface area contributed by atoms with Crippen LogP contribution in [0.15, 0.2) is 0 Å². The zero-order chi connectivity index (χ0) is 14.7. The zero-order valence-corrected chi connectivity index (χ0v) is 11.5. The van der Waals surface area contributed by atoms with Crippen LogP contribution in [0.3, 0.4) is 0 Å². The summed E-state index contributed by atoms with van der Waals surface area (Å²) in [5.74, 6) is -1.52. The van der Waals surface area contributed by atoms with Gasteiger partial charge in [-0.1, -0.05) is 6.92 Å². The molecule has 1 amide bonds. The van der Waals surface area contributed by atoms with Crippen molar-refractivity contribution in [1.29, 1.82) is 0 Å². The topological polar surface area (TPSA) is 102 Å². The van der Waals surface area contributed by atoms with E-state index in [1.807, 2.05) is 6.92 Å². The van der Waals surface area contributed by atoms with Crippen LogP contribution < -0.4 is 5.73 Å². The van der Waals surface area contributed by atoms with E-state index in [1.165, 1.54) is 13.8 Å². The van der Waals surface area contributed by atoms with Gasteiger partial charge in [0.25, 0.3) is 5.91 Å². The molecule has 1 aromatic heterocycles. The molecule has 3 N–H and O–H groups in total. The molecule has 0 saturated carbocycles. The van der Waals surface area contributed by atoms with Gasteiger partial charge in [0.05, 0.1) is 0 Å². The first-order valence-electron chi connectivity index (χ1n) is 6.02. The van der Waals surface area contributed by atoms with Gasteiger partial charge in [0.2, 0.25) is 0 Å². The van der Waals surface area contributed by atoms with E-state index in [0.29, 0.717) is 23.2 Å². The van der Waals surface area contributed by atoms with Gasteiger partial charge in [0.15, 0.2) is 11.9 Å². The summed E-state index contributed by atoms with van der Waals surface area (Å²) in [6.45, 7) is 6.39. The number of hydrogen-bond acceptors (Lipinski definition) is 4. The number of ketones is 1. The van der Waals surface area contributed by atoms with Crippen LogP contribution in [-0.4, -0.2) is 28.7 Å². The van der Waals surface area contributed by atoms with Crippen LogP contribution in [0.4, 0.5) is 0 Å². The fraction of sp³-hybridized carbons (Fsp3) is 0.462. The minimum Gasteiger partial charge on any atom is -0.448 e. The molecule has 0 aliphatic carbocycles. The van der Waals surface area contributed by atoms with E-state index in [2.05, 4.69) is 4.98 Å². The van der Waals surface area contributed by atoms with E-state index in [1.54, 1.807) is 6.92 Å². The van der Waals surface area contributed by atoms with Crippen LogP contribution in [0.5, 0.6) is 0 Å². The molecule has 0 spiro atoms. The molecule has 6 heteroatoms. The number of hydrogen-bond donors (Lipinski definition) is 2. The molecule has 0 aliphatic heterocycles. The van der Waals surface area contributed by atoms with E-state index < -0.39 is 18.0 Å². The van der Waals surface area contributed by atoms with Crippen LogP contribution >= 0.6 is 0 Å². The Morgan fingerprint density at radius 3 is 2.37 bits per heavy atom. The van der Waals surface area contributed by atoms with Crippen LogP contribution in [0.25, 0.3) is 0 Å². The van der Waals surface area contributed by atoms with Crippen LogP contribution in [-0.2, 0) is 16.0 Å². The number of aromatic amines is 1. The normalized spacial score (nSPS) is 12.0. The number of Topliss-reactive ketones (excluding diaryl/α,β-unsaturated/α-hetero) is 1. The van der Waals surface area contributed by atoms with Gasteiger partial charge in [0, 0.05) is 11.3 Å². The summed E-state index contributed by atoms with van der Waals surface area (Å²) in [4.78, 5) is 37.2. The van der Waals surface area contributed by atoms with Crippen molar-refractivity contribution in [3.05, 3.63) is 22.5 Å². The second-order valence-corrected chi connectivity index (χ2v) is 4.34. The lowest BCUT2D eigenvalue weighted by Gasteiger charge is -2.09. The van der Waals surface area contributed by atoms with Gasteiger partial charge in [-0.05, 0) is 32.8 Å². The number of aryl methyl sites for hydroxylation is 1. The Morgan fingerprint density at radius 1 is 1.37 bits per heavy atom. The number of esters is 1. The van der Waals surface area contributed by atoms with Gasteiger partial charge in [-0.3, -0.25) is 9.59 Å². The molecule has 0 bridgehead atoms. The molecule has 1 rings (SSSR count). The second-order valence-electron chi connectivity index (χ2n) is 4.34. The minimum atomic E-state index is -1.01. The van der Waals surface area contributed by atoms with Gasteiger partial charge in [-0.25, -0.2) is 4.79 Å². The molecule has 0 saturated heterocycles. The number of H-pyrrole nitrogens is 1. The molecule has 1 heterocycles. The maximum absolute atomic E-state index is 12.0. The molecule has 0 aliphatic rings. The van der Waals surface area contributed by atoms with Crippen molar-refractivity contribution in [2.45, 2.75) is 40.2 Å². The molecule has 6 nitrogen and oxygen atoms in total. The average molecular weight is 266 g/mol. The van der Waals surface area contributed by atoms with E-state index in [0.717, 1.165) is 0 Å². The van der Waals surface area contributed by atoms with E-state index in [9.17, 15) is 14.4 Å². The monoisotopic (exact) mass is 266 g/mol. The van der Waals surface area contributed by atoms with Crippen molar-refractivity contribution in [3.63, 3.8) is 0 Å². The summed E-state index contributed by atoms with van der Waals surface area (Å²) in [6.07, 6.45) is -0.504. The summed E-state index contributed by atoms with van der Waals surface area (Å²) < 4.78 is 4.93. The van der Waals surface area contributed by atoms with Crippen molar-refractivity contribution in [2.24, 2.45) is 5.73 Å². The molecular formula is C13H18N2O4. The third-order valence-corrected chi connectivity index (χ3v) is 2.89. The number of ether oxygens (including phenoxy) is 1. The number of aromatic nitrogens is 1. The lowest BCUT2D eigenvalue weighted by atomic mass is 10.0. The number of carbonyl (C=O) groups excluding carboxylic acids is 3. The van der Waals surface area contributed by atoms with Crippen LogP contribution in [0, 0.1) is 6.92 Å². The third-order valence-electron chi connectivity index (χ3n) is 2.89. The Labute approximate surface area is 111 Å². The first-order chi connectivity index (χ1) is 8.79. The Balaban J connectivity index is 3.14. The van der Waals surface area contributed by atoms with Gasteiger partial charge >= 0.3 is 5.97 Å². The third kappa shape index (κ3) is 3.01. The lowest BCUT2D eigenvalue weighted by Crippen LogP contribution is -2.30. The molecule has 0 aromatic carbocycles. The van der Waals surface area contributed by atoms with Crippen molar-refractivity contribution >= 4 is 17.7 Å². The van der Waals surface area contributed by atoms with Crippen molar-refractivity contribution in [3.8, 4) is 0 Å². The van der Waals surface area contributed by atoms with E-state index in [4.69, 9.17) is 10.5 Å². The van der Waals surface area contributed by atoms with Gasteiger partial charge in [-0.2, -0.15) is 0 Å². The number of nitrogens with one attached hydrogen (secondary N) is 1. The number of rotatable bonds is 5. The summed E-state index contributed by atoms with van der Waals surface area (Å²) in [5.41, 5.74) is 6.96. The average Bonchev–Trinajstić information content (AvgIpc) is 2.65. The van der Waals surface area contributed by atoms with Crippen LogP contribution in [0.2, 0.25) is 0 Å². The largest absolute Gasteiger partial charge is 0.448 e. The SMILES string of the molecule is CCc1c(C(=O)O[C@@H](C)C(N)=O)[nH]c(C)c1C(C)=O. The highest BCUT2D eigenvalue weighted by molar-refractivity contribution is 6.01. The molecule has 0 fully saturated rings. The first-order valence-corrected chi connectivity index (χ1v) is 6.02. The summed E-state index contributed by atoms with van der Waals surface area (Å²) in [5, 5.41) is 0. The smallest absolute Gasteiger partial charge is 0.355 e. The highest BCUT2D eigenvalue weighted by atomic mass is 16.5. The molecule has 1 atom stereocenters. The predicted octanol–water partition coefficient (Wildman–Crippen LogP) is 1.12. The molecule has 19 heavy (non-hydrogen) atoms. The summed E-state index contributed by atoms with van der Waals surface area (Å²) in [7, 11) is 0. The van der Waals surface area contributed by atoms with Crippen LogP contribution in [0.1, 0.15) is 52.9 Å². The highest BCUT2D eigenvalue weighted by Crippen LogP contribution is 2.21. The molecule has 1 aromatic rings. The van der Waals surface area contributed by atoms with Crippen molar-refractivity contribution < 1.29 is 19.1 Å². The first kappa shape index (κ1) is 14.9. The number of nitrogens with two attached hydrogens (primary N) is 1. The molecular weight excluding hydrogens is 248 g/mol. The van der Waals surface area contributed by atoms with Gasteiger partial charge in [0.1, 0.15) is 5.69 Å². The minimum absolute atomic E-state index is 0.118. The Hall–Kier alpha value is -2.11. The van der Waals surface area contributed by atoms with E-state index >= 15 is 0 Å². The summed E-state index contributed by atoms with van der Waals surface area (Å²) >= 11 is 0. The zero-order valence-electron chi connectivity index (χ0n) is 11.5. The highest BCUT2D eigenvalue weighted by Gasteiger charge is 2.24. The maximum atomic E-state index is 12.0. The van der Waals surface area contributed by atoms with Gasteiger partial charge < -0.3 is 15.5 Å². The second kappa shape index (κ2) is 5.69. The van der Waals surface area contributed by atoms with Crippen molar-refractivity contribution in [2.75, 3.05) is 0 Å². The predicted molar refractivity (Wildman–Crippen MR) is 69.0 cm³/mol. The molecule has 0 unspecified atom stereocenters. The Morgan fingerprint density at radius 2 is 1.95 bits per heavy atom. The fourth-order valence-electron chi connectivity index (χ4n) is 1.96. The Bertz CT molecular complexity index is 531. The molecule has 104 valence electrons. The number of carbonyl (C=O) groups is 3. The Kier molecular flexibility index (Phi) is 4.47. The van der Waals surface area contributed by atoms with Gasteiger partial charge in [-0.15, -0.1) is 0 Å². The quantitative estimate of drug-likeness (QED) is 0.615. The lowest BCUT2D eigenvalue weighted by molar-refractivity contribution is -0.125. The fourth-order valence-corrected chi connectivity index (χ4v) is 1.96. The number of primary amides is 1. The molecule has 0 radical (unpaired) electrons. The summed E-state index contributed by atoms with van der Waals surface area (Å²) in [6, 6.07) is 0.